The van der Waals surface area contributed by atoms with Gasteiger partial charge in [0.25, 0.3) is 0 Å². The summed E-state index contributed by atoms with van der Waals surface area (Å²) in [4.78, 5) is 19.6. The van der Waals surface area contributed by atoms with E-state index in [1.165, 1.54) is 5.56 Å². The number of carbonyl (C=O) groups excluding carboxylic acids is 1. The van der Waals surface area contributed by atoms with Crippen LogP contribution in [0.1, 0.15) is 17.8 Å². The van der Waals surface area contributed by atoms with Crippen molar-refractivity contribution in [2.24, 2.45) is 0 Å². The molecule has 3 aromatic rings. The molecule has 124 valence electrons. The third kappa shape index (κ3) is 4.35. The first-order chi connectivity index (χ1) is 11.7. The molecular formula is C19H21N3O2. The molecule has 1 heterocycles. The smallest absolute Gasteiger partial charge is 0.223 e. The van der Waals surface area contributed by atoms with Crippen molar-refractivity contribution in [1.29, 1.82) is 0 Å². The summed E-state index contributed by atoms with van der Waals surface area (Å²) in [5, 5.41) is 2.89. The topological polar surface area (TPSA) is 67.0 Å². The lowest BCUT2D eigenvalue weighted by atomic mass is 10.2. The van der Waals surface area contributed by atoms with Gasteiger partial charge in [-0.25, -0.2) is 4.98 Å². The Morgan fingerprint density at radius 2 is 1.96 bits per heavy atom. The second kappa shape index (κ2) is 7.64. The lowest BCUT2D eigenvalue weighted by Crippen LogP contribution is -2.27. The summed E-state index contributed by atoms with van der Waals surface area (Å²) in [7, 11) is 0. The molecule has 24 heavy (non-hydrogen) atoms. The molecule has 0 radical (unpaired) electrons. The highest BCUT2D eigenvalue weighted by Gasteiger charge is 2.04. The van der Waals surface area contributed by atoms with Gasteiger partial charge in [-0.1, -0.05) is 29.8 Å². The summed E-state index contributed by atoms with van der Waals surface area (Å²) in [6, 6.07) is 15.7. The van der Waals surface area contributed by atoms with Crippen LogP contribution < -0.4 is 10.1 Å². The number of carbonyl (C=O) groups is 1. The summed E-state index contributed by atoms with van der Waals surface area (Å²) in [5.74, 6) is 1.65. The van der Waals surface area contributed by atoms with Crippen LogP contribution in [0.25, 0.3) is 11.0 Å². The Morgan fingerprint density at radius 3 is 2.75 bits per heavy atom. The molecular weight excluding hydrogens is 302 g/mol. The van der Waals surface area contributed by atoms with E-state index in [1.807, 2.05) is 55.5 Å². The fraction of sp³-hybridized carbons (Fsp3) is 0.263. The van der Waals surface area contributed by atoms with E-state index >= 15 is 0 Å². The zero-order valence-corrected chi connectivity index (χ0v) is 13.7. The maximum absolute atomic E-state index is 11.8. The number of aromatic amines is 1. The monoisotopic (exact) mass is 323 g/mol. The van der Waals surface area contributed by atoms with E-state index < -0.39 is 0 Å². The van der Waals surface area contributed by atoms with Gasteiger partial charge in [0.1, 0.15) is 11.6 Å². The minimum Gasteiger partial charge on any atom is -0.493 e. The average Bonchev–Trinajstić information content (AvgIpc) is 2.99. The Balaban J connectivity index is 1.37. The van der Waals surface area contributed by atoms with Crippen LogP contribution in [0, 0.1) is 6.92 Å². The number of imidazole rings is 1. The fourth-order valence-corrected chi connectivity index (χ4v) is 2.43. The standard InChI is InChI=1S/C19H21N3O2/c1-14-6-8-15(9-7-14)24-13-11-19(23)20-12-10-18-21-16-4-2-3-5-17(16)22-18/h2-9H,10-13H2,1H3,(H,20,23)(H,21,22). The maximum Gasteiger partial charge on any atom is 0.223 e. The molecule has 0 spiro atoms. The molecule has 0 saturated carbocycles. The van der Waals surface area contributed by atoms with Gasteiger partial charge in [0.05, 0.1) is 24.1 Å². The van der Waals surface area contributed by atoms with Crippen molar-refractivity contribution in [3.05, 3.63) is 59.9 Å². The second-order valence-electron chi connectivity index (χ2n) is 5.71. The molecule has 5 heteroatoms. The van der Waals surface area contributed by atoms with E-state index in [-0.39, 0.29) is 5.91 Å². The summed E-state index contributed by atoms with van der Waals surface area (Å²) in [6.07, 6.45) is 1.02. The van der Waals surface area contributed by atoms with Crippen LogP contribution in [0.4, 0.5) is 0 Å². The number of nitrogens with one attached hydrogen (secondary N) is 2. The molecule has 0 atom stereocenters. The van der Waals surface area contributed by atoms with Gasteiger partial charge < -0.3 is 15.0 Å². The molecule has 0 bridgehead atoms. The third-order valence-electron chi connectivity index (χ3n) is 3.74. The highest BCUT2D eigenvalue weighted by Crippen LogP contribution is 2.12. The molecule has 0 unspecified atom stereocenters. The minimum absolute atomic E-state index is 0.0155. The molecule has 2 N–H and O–H groups in total. The molecule has 1 amide bonds. The Labute approximate surface area is 141 Å². The highest BCUT2D eigenvalue weighted by atomic mass is 16.5. The third-order valence-corrected chi connectivity index (χ3v) is 3.74. The maximum atomic E-state index is 11.8. The van der Waals surface area contributed by atoms with Gasteiger partial charge in [-0.15, -0.1) is 0 Å². The Bertz CT molecular complexity index is 776. The Kier molecular flexibility index (Phi) is 5.11. The molecule has 0 aliphatic rings. The van der Waals surface area contributed by atoms with Crippen LogP contribution in [0.5, 0.6) is 5.75 Å². The number of aryl methyl sites for hydroxylation is 1. The van der Waals surface area contributed by atoms with E-state index in [9.17, 15) is 4.79 Å². The van der Waals surface area contributed by atoms with Crippen LogP contribution in [0.15, 0.2) is 48.5 Å². The van der Waals surface area contributed by atoms with E-state index in [0.29, 0.717) is 26.0 Å². The molecule has 0 aliphatic heterocycles. The number of benzene rings is 2. The number of ether oxygens (including phenoxy) is 1. The van der Waals surface area contributed by atoms with Crippen molar-refractivity contribution >= 4 is 16.9 Å². The lowest BCUT2D eigenvalue weighted by Gasteiger charge is -2.07. The quantitative estimate of drug-likeness (QED) is 0.702. The van der Waals surface area contributed by atoms with Crippen LogP contribution in [-0.4, -0.2) is 29.0 Å². The normalized spacial score (nSPS) is 10.7. The summed E-state index contributed by atoms with van der Waals surface area (Å²) in [6.45, 7) is 2.96. The van der Waals surface area contributed by atoms with Crippen LogP contribution in [-0.2, 0) is 11.2 Å². The summed E-state index contributed by atoms with van der Waals surface area (Å²) < 4.78 is 5.56. The lowest BCUT2D eigenvalue weighted by molar-refractivity contribution is -0.121. The predicted octanol–water partition coefficient (Wildman–Crippen LogP) is 3.00. The molecule has 0 fully saturated rings. The molecule has 1 aromatic heterocycles. The first-order valence-corrected chi connectivity index (χ1v) is 8.10. The number of H-pyrrole nitrogens is 1. The number of amides is 1. The SMILES string of the molecule is Cc1ccc(OCCC(=O)NCCc2nc3ccccc3[nH]2)cc1. The molecule has 0 aliphatic carbocycles. The minimum atomic E-state index is -0.0155. The van der Waals surface area contributed by atoms with Gasteiger partial charge in [0.2, 0.25) is 5.91 Å². The Morgan fingerprint density at radius 1 is 1.17 bits per heavy atom. The largest absolute Gasteiger partial charge is 0.493 e. The van der Waals surface area contributed by atoms with Gasteiger partial charge in [-0.2, -0.15) is 0 Å². The number of hydrogen-bond donors (Lipinski definition) is 2. The van der Waals surface area contributed by atoms with Gasteiger partial charge >= 0.3 is 0 Å². The second-order valence-corrected chi connectivity index (χ2v) is 5.71. The van der Waals surface area contributed by atoms with Crippen LogP contribution in [0.3, 0.4) is 0 Å². The van der Waals surface area contributed by atoms with Crippen molar-refractivity contribution in [3.8, 4) is 5.75 Å². The van der Waals surface area contributed by atoms with E-state index in [4.69, 9.17) is 4.74 Å². The van der Waals surface area contributed by atoms with E-state index in [1.54, 1.807) is 0 Å². The first kappa shape index (κ1) is 16.1. The Hall–Kier alpha value is -2.82. The zero-order valence-electron chi connectivity index (χ0n) is 13.7. The van der Waals surface area contributed by atoms with Gasteiger partial charge in [-0.05, 0) is 31.2 Å². The van der Waals surface area contributed by atoms with E-state index in [0.717, 1.165) is 22.6 Å². The number of nitrogens with zero attached hydrogens (tertiary/aromatic N) is 1. The van der Waals surface area contributed by atoms with Gasteiger partial charge in [-0.3, -0.25) is 4.79 Å². The molecule has 3 rings (SSSR count). The summed E-state index contributed by atoms with van der Waals surface area (Å²) in [5.41, 5.74) is 3.15. The number of aromatic nitrogens is 2. The number of fused-ring (bicyclic) bond motifs is 1. The molecule has 2 aromatic carbocycles. The van der Waals surface area contributed by atoms with Crippen LogP contribution in [0.2, 0.25) is 0 Å². The van der Waals surface area contributed by atoms with Crippen molar-refractivity contribution in [2.45, 2.75) is 19.8 Å². The van der Waals surface area contributed by atoms with Crippen molar-refractivity contribution in [3.63, 3.8) is 0 Å². The zero-order chi connectivity index (χ0) is 16.8. The summed E-state index contributed by atoms with van der Waals surface area (Å²) >= 11 is 0. The van der Waals surface area contributed by atoms with Gasteiger partial charge in [0, 0.05) is 13.0 Å². The first-order valence-electron chi connectivity index (χ1n) is 8.10. The van der Waals surface area contributed by atoms with Crippen molar-refractivity contribution in [2.75, 3.05) is 13.2 Å². The predicted molar refractivity (Wildman–Crippen MR) is 94.1 cm³/mol. The van der Waals surface area contributed by atoms with E-state index in [2.05, 4.69) is 15.3 Å². The van der Waals surface area contributed by atoms with Crippen molar-refractivity contribution in [1.82, 2.24) is 15.3 Å². The van der Waals surface area contributed by atoms with Gasteiger partial charge in [0.15, 0.2) is 0 Å². The molecule has 0 saturated heterocycles. The highest BCUT2D eigenvalue weighted by molar-refractivity contribution is 5.76. The average molecular weight is 323 g/mol. The number of para-hydroxylation sites is 2. The number of hydrogen-bond acceptors (Lipinski definition) is 3. The molecule has 5 nitrogen and oxygen atoms in total. The van der Waals surface area contributed by atoms with Crippen LogP contribution >= 0.6 is 0 Å². The van der Waals surface area contributed by atoms with Crippen molar-refractivity contribution < 1.29 is 9.53 Å². The number of rotatable bonds is 7. The fourth-order valence-electron chi connectivity index (χ4n) is 2.43.